The number of benzene rings is 2. The first-order chi connectivity index (χ1) is 11.0. The SMILES string of the molecule is CC(C)c1ccc(OCC(=O)NCc2ccc(Cl)cc2Cl)cc1. The van der Waals surface area contributed by atoms with Gasteiger partial charge in [-0.05, 0) is 41.3 Å². The van der Waals surface area contributed by atoms with Crippen molar-refractivity contribution in [2.45, 2.75) is 26.3 Å². The van der Waals surface area contributed by atoms with Crippen LogP contribution in [0.3, 0.4) is 0 Å². The van der Waals surface area contributed by atoms with Crippen LogP contribution in [-0.2, 0) is 11.3 Å². The van der Waals surface area contributed by atoms with E-state index in [9.17, 15) is 4.79 Å². The van der Waals surface area contributed by atoms with Crippen molar-refractivity contribution in [1.29, 1.82) is 0 Å². The molecule has 0 heterocycles. The summed E-state index contributed by atoms with van der Waals surface area (Å²) in [6, 6.07) is 12.9. The molecule has 0 fully saturated rings. The van der Waals surface area contributed by atoms with Gasteiger partial charge in [0.15, 0.2) is 6.61 Å². The van der Waals surface area contributed by atoms with Crippen LogP contribution < -0.4 is 10.1 Å². The van der Waals surface area contributed by atoms with Crippen molar-refractivity contribution in [3.8, 4) is 5.75 Å². The molecule has 0 aromatic heterocycles. The monoisotopic (exact) mass is 351 g/mol. The Balaban J connectivity index is 1.80. The number of hydrogen-bond acceptors (Lipinski definition) is 2. The second kappa shape index (κ2) is 8.23. The van der Waals surface area contributed by atoms with Gasteiger partial charge in [0.05, 0.1) is 0 Å². The molecule has 0 atom stereocenters. The molecule has 1 amide bonds. The zero-order valence-electron chi connectivity index (χ0n) is 13.1. The predicted molar refractivity (Wildman–Crippen MR) is 94.3 cm³/mol. The maximum absolute atomic E-state index is 11.8. The van der Waals surface area contributed by atoms with Crippen molar-refractivity contribution in [2.75, 3.05) is 6.61 Å². The van der Waals surface area contributed by atoms with Crippen molar-refractivity contribution < 1.29 is 9.53 Å². The number of halogens is 2. The number of ether oxygens (including phenoxy) is 1. The molecule has 0 radical (unpaired) electrons. The summed E-state index contributed by atoms with van der Waals surface area (Å²) in [4.78, 5) is 11.8. The third kappa shape index (κ3) is 5.45. The molecule has 0 bridgehead atoms. The van der Waals surface area contributed by atoms with Crippen LogP contribution in [0.5, 0.6) is 5.75 Å². The van der Waals surface area contributed by atoms with Crippen molar-refractivity contribution in [1.82, 2.24) is 5.32 Å². The minimum absolute atomic E-state index is 0.0355. The molecule has 0 spiro atoms. The Labute approximate surface area is 146 Å². The lowest BCUT2D eigenvalue weighted by atomic mass is 10.0. The van der Waals surface area contributed by atoms with E-state index in [0.29, 0.717) is 28.3 Å². The summed E-state index contributed by atoms with van der Waals surface area (Å²) in [5.41, 5.74) is 2.05. The average molecular weight is 352 g/mol. The minimum Gasteiger partial charge on any atom is -0.484 e. The highest BCUT2D eigenvalue weighted by Crippen LogP contribution is 2.21. The summed E-state index contributed by atoms with van der Waals surface area (Å²) >= 11 is 11.9. The van der Waals surface area contributed by atoms with Gasteiger partial charge in [-0.1, -0.05) is 55.2 Å². The van der Waals surface area contributed by atoms with Gasteiger partial charge in [0.2, 0.25) is 0 Å². The minimum atomic E-state index is -0.205. The van der Waals surface area contributed by atoms with Gasteiger partial charge in [0, 0.05) is 16.6 Å². The first kappa shape index (κ1) is 17.6. The molecular formula is C18H19Cl2NO2. The van der Waals surface area contributed by atoms with Crippen LogP contribution in [0, 0.1) is 0 Å². The Morgan fingerprint density at radius 1 is 1.13 bits per heavy atom. The Hall–Kier alpha value is -1.71. The third-order valence-corrected chi connectivity index (χ3v) is 3.99. The molecule has 3 nitrogen and oxygen atoms in total. The highest BCUT2D eigenvalue weighted by Gasteiger charge is 2.06. The van der Waals surface area contributed by atoms with E-state index in [2.05, 4.69) is 19.2 Å². The third-order valence-electron chi connectivity index (χ3n) is 3.41. The molecule has 1 N–H and O–H groups in total. The number of amides is 1. The molecule has 0 aliphatic heterocycles. The van der Waals surface area contributed by atoms with Gasteiger partial charge in [-0.25, -0.2) is 0 Å². The van der Waals surface area contributed by atoms with Crippen molar-refractivity contribution in [3.05, 3.63) is 63.6 Å². The molecule has 0 aliphatic carbocycles. The molecule has 0 saturated carbocycles. The summed E-state index contributed by atoms with van der Waals surface area (Å²) in [6.07, 6.45) is 0. The largest absolute Gasteiger partial charge is 0.484 e. The van der Waals surface area contributed by atoms with Gasteiger partial charge in [0.1, 0.15) is 5.75 Å². The quantitative estimate of drug-likeness (QED) is 0.810. The Kier molecular flexibility index (Phi) is 6.31. The van der Waals surface area contributed by atoms with Crippen molar-refractivity contribution in [3.63, 3.8) is 0 Å². The van der Waals surface area contributed by atoms with Gasteiger partial charge in [-0.3, -0.25) is 4.79 Å². The maximum atomic E-state index is 11.8. The normalized spacial score (nSPS) is 10.7. The van der Waals surface area contributed by atoms with Crippen LogP contribution in [0.4, 0.5) is 0 Å². The van der Waals surface area contributed by atoms with Crippen LogP contribution in [0.25, 0.3) is 0 Å². The first-order valence-corrected chi connectivity index (χ1v) is 8.14. The molecule has 0 unspecified atom stereocenters. The fourth-order valence-corrected chi connectivity index (χ4v) is 2.48. The van der Waals surface area contributed by atoms with E-state index < -0.39 is 0 Å². The molecule has 122 valence electrons. The maximum Gasteiger partial charge on any atom is 0.258 e. The van der Waals surface area contributed by atoms with E-state index >= 15 is 0 Å². The average Bonchev–Trinajstić information content (AvgIpc) is 2.52. The lowest BCUT2D eigenvalue weighted by Gasteiger charge is -2.10. The highest BCUT2D eigenvalue weighted by molar-refractivity contribution is 6.35. The molecular weight excluding hydrogens is 333 g/mol. The Bertz CT molecular complexity index is 669. The van der Waals surface area contributed by atoms with Crippen LogP contribution in [0.2, 0.25) is 10.0 Å². The number of carbonyl (C=O) groups excluding carboxylic acids is 1. The molecule has 2 rings (SSSR count). The van der Waals surface area contributed by atoms with E-state index in [1.807, 2.05) is 24.3 Å². The molecule has 0 saturated heterocycles. The van der Waals surface area contributed by atoms with E-state index in [0.717, 1.165) is 5.56 Å². The number of hydrogen-bond donors (Lipinski definition) is 1. The van der Waals surface area contributed by atoms with Crippen molar-refractivity contribution >= 4 is 29.1 Å². The van der Waals surface area contributed by atoms with Gasteiger partial charge in [0.25, 0.3) is 5.91 Å². The van der Waals surface area contributed by atoms with E-state index in [4.69, 9.17) is 27.9 Å². The fourth-order valence-electron chi connectivity index (χ4n) is 2.01. The summed E-state index contributed by atoms with van der Waals surface area (Å²) in [5, 5.41) is 3.87. The second-order valence-corrected chi connectivity index (χ2v) is 6.37. The summed E-state index contributed by atoms with van der Waals surface area (Å²) in [7, 11) is 0. The standard InChI is InChI=1S/C18H19Cl2NO2/c1-12(2)13-4-7-16(8-5-13)23-11-18(22)21-10-14-3-6-15(19)9-17(14)20/h3-9,12H,10-11H2,1-2H3,(H,21,22). The molecule has 2 aromatic carbocycles. The lowest BCUT2D eigenvalue weighted by Crippen LogP contribution is -2.28. The molecule has 5 heteroatoms. The summed E-state index contributed by atoms with van der Waals surface area (Å²) in [6.45, 7) is 4.56. The molecule has 23 heavy (non-hydrogen) atoms. The van der Waals surface area contributed by atoms with Crippen LogP contribution in [0.1, 0.15) is 30.9 Å². The molecule has 0 aliphatic rings. The number of carbonyl (C=O) groups is 1. The van der Waals surface area contributed by atoms with Crippen molar-refractivity contribution in [2.24, 2.45) is 0 Å². The zero-order valence-corrected chi connectivity index (χ0v) is 14.6. The van der Waals surface area contributed by atoms with Crippen LogP contribution >= 0.6 is 23.2 Å². The summed E-state index contributed by atoms with van der Waals surface area (Å²) in [5.74, 6) is 0.939. The topological polar surface area (TPSA) is 38.3 Å². The highest BCUT2D eigenvalue weighted by atomic mass is 35.5. The van der Waals surface area contributed by atoms with Crippen LogP contribution in [-0.4, -0.2) is 12.5 Å². The zero-order chi connectivity index (χ0) is 16.8. The Morgan fingerprint density at radius 3 is 2.43 bits per heavy atom. The van der Waals surface area contributed by atoms with Gasteiger partial charge in [-0.2, -0.15) is 0 Å². The number of rotatable bonds is 6. The predicted octanol–water partition coefficient (Wildman–Crippen LogP) is 4.81. The van der Waals surface area contributed by atoms with E-state index in [1.165, 1.54) is 5.56 Å². The summed E-state index contributed by atoms with van der Waals surface area (Å²) < 4.78 is 5.47. The fraction of sp³-hybridized carbons (Fsp3) is 0.278. The smallest absolute Gasteiger partial charge is 0.258 e. The number of nitrogens with one attached hydrogen (secondary N) is 1. The van der Waals surface area contributed by atoms with E-state index in [-0.39, 0.29) is 12.5 Å². The van der Waals surface area contributed by atoms with Gasteiger partial charge < -0.3 is 10.1 Å². The van der Waals surface area contributed by atoms with Crippen LogP contribution in [0.15, 0.2) is 42.5 Å². The lowest BCUT2D eigenvalue weighted by molar-refractivity contribution is -0.123. The molecule has 2 aromatic rings. The first-order valence-electron chi connectivity index (χ1n) is 7.39. The van der Waals surface area contributed by atoms with Gasteiger partial charge in [-0.15, -0.1) is 0 Å². The second-order valence-electron chi connectivity index (χ2n) is 5.52. The van der Waals surface area contributed by atoms with E-state index in [1.54, 1.807) is 18.2 Å². The van der Waals surface area contributed by atoms with Gasteiger partial charge >= 0.3 is 0 Å². The Morgan fingerprint density at radius 2 is 1.83 bits per heavy atom.